The molecule has 1 fully saturated rings. The smallest absolute Gasteiger partial charge is 0.302 e. The summed E-state index contributed by atoms with van der Waals surface area (Å²) in [6.45, 7) is 7.87. The van der Waals surface area contributed by atoms with Gasteiger partial charge in [-0.25, -0.2) is 0 Å². The van der Waals surface area contributed by atoms with E-state index in [-0.39, 0.29) is 42.1 Å². The Kier molecular flexibility index (Phi) is 8.38. The Morgan fingerprint density at radius 2 is 1.86 bits per heavy atom. The second kappa shape index (κ2) is 11.3. The first-order valence-corrected chi connectivity index (χ1v) is 14.1. The Labute approximate surface area is 216 Å². The maximum atomic E-state index is 11.8. The topological polar surface area (TPSA) is 55.8 Å². The predicted molar refractivity (Wildman–Crippen MR) is 145 cm³/mol. The van der Waals surface area contributed by atoms with Gasteiger partial charge in [-0.2, -0.15) is 11.8 Å². The highest BCUT2D eigenvalue weighted by atomic mass is 32.2. The Morgan fingerprint density at radius 1 is 1.11 bits per heavy atom. The monoisotopic (exact) mass is 510 g/mol. The van der Waals surface area contributed by atoms with Crippen molar-refractivity contribution >= 4 is 29.1 Å². The standard InChI is InChI=1S/C29H34O4S2/c1-17-6-9-23(28-29(34-5)27(33-20(4)31)18(2)19(3)32-28)14-24(17)15-25-12-13-26(35-25)22-10-7-21(16-30)8-11-22/h6-14,18-19,27-30H,15-16H2,1-5H3/t18-,19-,27+,28?,29-/m1/s1. The van der Waals surface area contributed by atoms with E-state index in [0.717, 1.165) is 17.5 Å². The molecule has 0 bridgehead atoms. The number of carbonyl (C=O) groups is 1. The quantitative estimate of drug-likeness (QED) is 0.365. The molecular formula is C29H34O4S2. The molecule has 5 atom stereocenters. The summed E-state index contributed by atoms with van der Waals surface area (Å²) in [6, 6.07) is 19.1. The number of esters is 1. The molecule has 4 rings (SSSR count). The molecule has 186 valence electrons. The van der Waals surface area contributed by atoms with E-state index in [2.05, 4.69) is 69.5 Å². The van der Waals surface area contributed by atoms with Crippen LogP contribution in [0, 0.1) is 12.8 Å². The van der Waals surface area contributed by atoms with Crippen molar-refractivity contribution in [2.24, 2.45) is 5.92 Å². The molecule has 1 aliphatic heterocycles. The van der Waals surface area contributed by atoms with E-state index < -0.39 is 0 Å². The van der Waals surface area contributed by atoms with E-state index in [1.807, 2.05) is 12.1 Å². The van der Waals surface area contributed by atoms with E-state index >= 15 is 0 Å². The van der Waals surface area contributed by atoms with Gasteiger partial charge >= 0.3 is 5.97 Å². The first-order valence-electron chi connectivity index (χ1n) is 12.0. The van der Waals surface area contributed by atoms with E-state index in [9.17, 15) is 9.90 Å². The number of thiophene rings is 1. The third-order valence-corrected chi connectivity index (χ3v) is 9.16. The number of hydrogen-bond donors (Lipinski definition) is 1. The second-order valence-corrected chi connectivity index (χ2v) is 11.6. The van der Waals surface area contributed by atoms with Crippen molar-refractivity contribution in [2.45, 2.75) is 64.3 Å². The normalized spacial score (nSPS) is 24.3. The molecule has 0 aliphatic carbocycles. The fourth-order valence-corrected chi connectivity index (χ4v) is 6.79. The minimum atomic E-state index is -0.238. The first-order chi connectivity index (χ1) is 16.8. The van der Waals surface area contributed by atoms with Crippen LogP contribution >= 0.6 is 23.1 Å². The molecule has 0 saturated carbocycles. The Hall–Kier alpha value is -2.12. The zero-order valence-electron chi connectivity index (χ0n) is 21.0. The number of aliphatic hydroxyl groups excluding tert-OH is 1. The molecule has 4 nitrogen and oxygen atoms in total. The van der Waals surface area contributed by atoms with Gasteiger partial charge < -0.3 is 14.6 Å². The molecule has 3 aromatic rings. The summed E-state index contributed by atoms with van der Waals surface area (Å²) < 4.78 is 12.3. The van der Waals surface area contributed by atoms with Gasteiger partial charge in [-0.05, 0) is 60.1 Å². The molecular weight excluding hydrogens is 476 g/mol. The van der Waals surface area contributed by atoms with Crippen LogP contribution in [0.15, 0.2) is 54.6 Å². The highest BCUT2D eigenvalue weighted by Crippen LogP contribution is 2.42. The molecule has 0 radical (unpaired) electrons. The fourth-order valence-electron chi connectivity index (χ4n) is 4.71. The van der Waals surface area contributed by atoms with Crippen LogP contribution in [-0.4, -0.2) is 34.8 Å². The molecule has 1 aliphatic rings. The molecule has 1 aromatic heterocycles. The van der Waals surface area contributed by atoms with Crippen LogP contribution < -0.4 is 0 Å². The summed E-state index contributed by atoms with van der Waals surface area (Å²) in [5.74, 6) is -0.105. The van der Waals surface area contributed by atoms with E-state index in [1.165, 1.54) is 33.4 Å². The third kappa shape index (κ3) is 5.83. The van der Waals surface area contributed by atoms with Crippen LogP contribution in [0.2, 0.25) is 0 Å². The van der Waals surface area contributed by atoms with Gasteiger partial charge in [0.2, 0.25) is 0 Å². The van der Waals surface area contributed by atoms with Crippen molar-refractivity contribution in [3.63, 3.8) is 0 Å². The zero-order chi connectivity index (χ0) is 25.1. The lowest BCUT2D eigenvalue weighted by molar-refractivity contribution is -0.168. The first kappa shape index (κ1) is 26.0. The van der Waals surface area contributed by atoms with Gasteiger partial charge in [-0.3, -0.25) is 4.79 Å². The molecule has 1 N–H and O–H groups in total. The van der Waals surface area contributed by atoms with Gasteiger partial charge in [-0.1, -0.05) is 49.4 Å². The number of benzene rings is 2. The Bertz CT molecular complexity index is 1150. The average Bonchev–Trinajstić information content (AvgIpc) is 3.31. The predicted octanol–water partition coefficient (Wildman–Crippen LogP) is 6.57. The van der Waals surface area contributed by atoms with Crippen LogP contribution in [-0.2, 0) is 27.3 Å². The maximum absolute atomic E-state index is 11.8. The zero-order valence-corrected chi connectivity index (χ0v) is 22.6. The third-order valence-electron chi connectivity index (χ3n) is 6.97. The SMILES string of the molecule is CS[C@H]1C(c2ccc(C)c(Cc3ccc(-c4ccc(CO)cc4)s3)c2)O[C@H](C)[C@@H](C)[C@@H]1OC(C)=O. The number of aryl methyl sites for hydroxylation is 1. The lowest BCUT2D eigenvalue weighted by Crippen LogP contribution is -2.49. The maximum Gasteiger partial charge on any atom is 0.302 e. The van der Waals surface area contributed by atoms with Gasteiger partial charge in [0.05, 0.1) is 24.1 Å². The van der Waals surface area contributed by atoms with Crippen molar-refractivity contribution in [1.82, 2.24) is 0 Å². The fraction of sp³-hybridized carbons (Fsp3) is 0.414. The molecule has 1 unspecified atom stereocenters. The lowest BCUT2D eigenvalue weighted by atomic mass is 9.87. The van der Waals surface area contributed by atoms with E-state index in [4.69, 9.17) is 9.47 Å². The highest BCUT2D eigenvalue weighted by molar-refractivity contribution is 7.99. The molecule has 0 spiro atoms. The van der Waals surface area contributed by atoms with Gasteiger partial charge in [0.15, 0.2) is 0 Å². The van der Waals surface area contributed by atoms with Gasteiger partial charge in [-0.15, -0.1) is 11.3 Å². The van der Waals surface area contributed by atoms with Crippen molar-refractivity contribution in [2.75, 3.05) is 6.26 Å². The summed E-state index contributed by atoms with van der Waals surface area (Å²) in [5, 5.41) is 9.33. The number of rotatable bonds is 7. The minimum absolute atomic E-state index is 0.00502. The molecule has 35 heavy (non-hydrogen) atoms. The number of hydrogen-bond acceptors (Lipinski definition) is 6. The summed E-state index contributed by atoms with van der Waals surface area (Å²) in [4.78, 5) is 14.4. The summed E-state index contributed by atoms with van der Waals surface area (Å²) in [7, 11) is 0. The van der Waals surface area contributed by atoms with Crippen molar-refractivity contribution in [1.29, 1.82) is 0 Å². The van der Waals surface area contributed by atoms with Crippen LogP contribution in [0.1, 0.15) is 54.0 Å². The molecule has 1 saturated heterocycles. The van der Waals surface area contributed by atoms with E-state index in [1.54, 1.807) is 23.1 Å². The highest BCUT2D eigenvalue weighted by Gasteiger charge is 2.44. The van der Waals surface area contributed by atoms with Gasteiger partial charge in [0.25, 0.3) is 0 Å². The van der Waals surface area contributed by atoms with Crippen molar-refractivity contribution < 1.29 is 19.4 Å². The summed E-state index contributed by atoms with van der Waals surface area (Å²) in [6.07, 6.45) is 2.60. The lowest BCUT2D eigenvalue weighted by Gasteiger charge is -2.44. The number of ether oxygens (including phenoxy) is 2. The Morgan fingerprint density at radius 3 is 2.51 bits per heavy atom. The molecule has 2 aromatic carbocycles. The summed E-state index contributed by atoms with van der Waals surface area (Å²) in [5.41, 5.74) is 5.76. The Balaban J connectivity index is 1.58. The van der Waals surface area contributed by atoms with E-state index in [0.29, 0.717) is 0 Å². The second-order valence-electron chi connectivity index (χ2n) is 9.38. The molecule has 2 heterocycles. The number of thioether (sulfide) groups is 1. The summed E-state index contributed by atoms with van der Waals surface area (Å²) >= 11 is 3.51. The van der Waals surface area contributed by atoms with Crippen LogP contribution in [0.4, 0.5) is 0 Å². The van der Waals surface area contributed by atoms with Crippen molar-refractivity contribution in [3.8, 4) is 10.4 Å². The van der Waals surface area contributed by atoms with Crippen LogP contribution in [0.3, 0.4) is 0 Å². The van der Waals surface area contributed by atoms with Gasteiger partial charge in [0.1, 0.15) is 6.10 Å². The van der Waals surface area contributed by atoms with Gasteiger partial charge in [0, 0.05) is 29.0 Å². The molecule has 0 amide bonds. The number of carbonyl (C=O) groups excluding carboxylic acids is 1. The van der Waals surface area contributed by atoms with Crippen LogP contribution in [0.5, 0.6) is 0 Å². The minimum Gasteiger partial charge on any atom is -0.461 e. The van der Waals surface area contributed by atoms with Crippen molar-refractivity contribution in [3.05, 3.63) is 81.7 Å². The largest absolute Gasteiger partial charge is 0.461 e. The van der Waals surface area contributed by atoms with Crippen LogP contribution in [0.25, 0.3) is 10.4 Å². The molecule has 6 heteroatoms. The number of aliphatic hydroxyl groups is 1. The average molecular weight is 511 g/mol.